The molecule has 0 radical (unpaired) electrons. The first-order valence-electron chi connectivity index (χ1n) is 19.7. The van der Waals surface area contributed by atoms with Crippen LogP contribution >= 0.6 is 11.3 Å². The maximum atomic E-state index is 6.44. The molecule has 58 heavy (non-hydrogen) atoms. The SMILES string of the molecule is c1ccc(-c2ccc(N(c3ccc(-c4cccc5c4oc4ccccc45)cc3)c3ccc4c5ccccc5n(-c5ccc6sc7ccccc7c6c5)c4c3)cc2)cc1. The van der Waals surface area contributed by atoms with Crippen LogP contribution in [-0.4, -0.2) is 4.57 Å². The molecule has 12 aromatic rings. The van der Waals surface area contributed by atoms with Crippen LogP contribution in [0.25, 0.3) is 91.9 Å². The van der Waals surface area contributed by atoms with Gasteiger partial charge in [0.25, 0.3) is 0 Å². The lowest BCUT2D eigenvalue weighted by atomic mass is 10.0. The second-order valence-corrected chi connectivity index (χ2v) is 16.0. The minimum Gasteiger partial charge on any atom is -0.455 e. The van der Waals surface area contributed by atoms with Crippen LogP contribution in [0.4, 0.5) is 17.1 Å². The highest BCUT2D eigenvalue weighted by molar-refractivity contribution is 7.25. The largest absolute Gasteiger partial charge is 0.455 e. The van der Waals surface area contributed by atoms with Crippen LogP contribution in [0.2, 0.25) is 0 Å². The van der Waals surface area contributed by atoms with E-state index in [-0.39, 0.29) is 0 Å². The summed E-state index contributed by atoms with van der Waals surface area (Å²) in [6.45, 7) is 0. The fraction of sp³-hybridized carbons (Fsp3) is 0. The van der Waals surface area contributed by atoms with Crippen LogP contribution in [0.15, 0.2) is 211 Å². The van der Waals surface area contributed by atoms with Gasteiger partial charge in [0.15, 0.2) is 0 Å². The minimum atomic E-state index is 0.906. The Morgan fingerprint density at radius 2 is 1.00 bits per heavy atom. The van der Waals surface area contributed by atoms with E-state index in [2.05, 4.69) is 204 Å². The molecular weight excluding hydrogens is 725 g/mol. The highest BCUT2D eigenvalue weighted by atomic mass is 32.1. The van der Waals surface area contributed by atoms with E-state index in [1.54, 1.807) is 0 Å². The quantitative estimate of drug-likeness (QED) is 0.168. The van der Waals surface area contributed by atoms with E-state index in [0.29, 0.717) is 0 Å². The molecule has 0 aliphatic carbocycles. The van der Waals surface area contributed by atoms with Crippen molar-refractivity contribution in [3.8, 4) is 27.9 Å². The maximum absolute atomic E-state index is 6.44. The van der Waals surface area contributed by atoms with Crippen molar-refractivity contribution in [2.45, 2.75) is 0 Å². The van der Waals surface area contributed by atoms with Crippen molar-refractivity contribution in [2.24, 2.45) is 0 Å². The number of aromatic nitrogens is 1. The lowest BCUT2D eigenvalue weighted by molar-refractivity contribution is 0.670. The molecule has 0 saturated heterocycles. The summed E-state index contributed by atoms with van der Waals surface area (Å²) >= 11 is 1.86. The van der Waals surface area contributed by atoms with Crippen LogP contribution in [0.1, 0.15) is 0 Å². The zero-order chi connectivity index (χ0) is 38.2. The molecule has 0 amide bonds. The molecule has 3 heterocycles. The van der Waals surface area contributed by atoms with Gasteiger partial charge in [-0.2, -0.15) is 0 Å². The molecule has 0 N–H and O–H groups in total. The van der Waals surface area contributed by atoms with Gasteiger partial charge in [0.05, 0.1) is 11.0 Å². The summed E-state index contributed by atoms with van der Waals surface area (Å²) in [5.74, 6) is 0. The van der Waals surface area contributed by atoms with Gasteiger partial charge in [-0.25, -0.2) is 0 Å². The molecule has 12 rings (SSSR count). The third kappa shape index (κ3) is 5.19. The van der Waals surface area contributed by atoms with E-state index < -0.39 is 0 Å². The van der Waals surface area contributed by atoms with E-state index in [9.17, 15) is 0 Å². The summed E-state index contributed by atoms with van der Waals surface area (Å²) in [5, 5.41) is 7.32. The summed E-state index contributed by atoms with van der Waals surface area (Å²) in [4.78, 5) is 2.37. The van der Waals surface area contributed by atoms with E-state index in [1.807, 2.05) is 23.5 Å². The van der Waals surface area contributed by atoms with Gasteiger partial charge in [-0.1, -0.05) is 133 Å². The molecule has 3 nitrogen and oxygen atoms in total. The van der Waals surface area contributed by atoms with Gasteiger partial charge >= 0.3 is 0 Å². The first kappa shape index (κ1) is 32.8. The average molecular weight is 759 g/mol. The Morgan fingerprint density at radius 1 is 0.379 bits per heavy atom. The molecule has 0 aliphatic heterocycles. The highest BCUT2D eigenvalue weighted by Gasteiger charge is 2.19. The monoisotopic (exact) mass is 758 g/mol. The summed E-state index contributed by atoms with van der Waals surface area (Å²) < 4.78 is 11.5. The molecule has 9 aromatic carbocycles. The van der Waals surface area contributed by atoms with Gasteiger partial charge in [-0.15, -0.1) is 11.3 Å². The number of fused-ring (bicyclic) bond motifs is 9. The highest BCUT2D eigenvalue weighted by Crippen LogP contribution is 2.43. The van der Waals surface area contributed by atoms with Gasteiger partial charge in [0, 0.05) is 70.0 Å². The summed E-state index contributed by atoms with van der Waals surface area (Å²) in [6, 6.07) is 74.5. The molecular formula is C54H34N2OS. The normalized spacial score (nSPS) is 11.8. The molecule has 3 aromatic heterocycles. The van der Waals surface area contributed by atoms with Crippen molar-refractivity contribution in [3.05, 3.63) is 206 Å². The zero-order valence-electron chi connectivity index (χ0n) is 31.3. The molecule has 272 valence electrons. The number of benzene rings is 9. The number of rotatable bonds is 6. The molecule has 0 fully saturated rings. The van der Waals surface area contributed by atoms with Crippen molar-refractivity contribution in [2.75, 3.05) is 4.90 Å². The van der Waals surface area contributed by atoms with E-state index in [0.717, 1.165) is 61.3 Å². The van der Waals surface area contributed by atoms with E-state index >= 15 is 0 Å². The van der Waals surface area contributed by atoms with Crippen LogP contribution < -0.4 is 4.90 Å². The second-order valence-electron chi connectivity index (χ2n) is 14.9. The topological polar surface area (TPSA) is 21.3 Å². The Kier molecular flexibility index (Phi) is 7.40. The Balaban J connectivity index is 1.03. The minimum absolute atomic E-state index is 0.906. The Morgan fingerprint density at radius 3 is 1.83 bits per heavy atom. The number of nitrogens with zero attached hydrogens (tertiary/aromatic N) is 2. The number of hydrogen-bond acceptors (Lipinski definition) is 3. The predicted molar refractivity (Wildman–Crippen MR) is 247 cm³/mol. The molecule has 0 aliphatic rings. The lowest BCUT2D eigenvalue weighted by Gasteiger charge is -2.26. The predicted octanol–water partition coefficient (Wildman–Crippen LogP) is 15.9. The van der Waals surface area contributed by atoms with Crippen molar-refractivity contribution < 1.29 is 4.42 Å². The molecule has 0 bridgehead atoms. The number of furan rings is 1. The standard InChI is InChI=1S/C54H34N2OS/c1-2-11-35(12-3-1)36-21-25-38(26-22-36)55(39-27-23-37(24-28-39)42-16-10-17-47-45-14-5-8-19-51(45)57-54(42)47)41-29-31-44-43-13-4-7-18-49(43)56(50(44)34-41)40-30-32-53-48(33-40)46-15-6-9-20-52(46)58-53/h1-34H. The van der Waals surface area contributed by atoms with Crippen molar-refractivity contribution >= 4 is 92.3 Å². The zero-order valence-corrected chi connectivity index (χ0v) is 32.2. The fourth-order valence-electron chi connectivity index (χ4n) is 8.87. The summed E-state index contributed by atoms with van der Waals surface area (Å²) in [7, 11) is 0. The Labute approximate surface area is 338 Å². The smallest absolute Gasteiger partial charge is 0.143 e. The first-order chi connectivity index (χ1) is 28.7. The van der Waals surface area contributed by atoms with Crippen molar-refractivity contribution in [3.63, 3.8) is 0 Å². The Hall–Kier alpha value is -7.40. The van der Waals surface area contributed by atoms with Gasteiger partial charge < -0.3 is 13.9 Å². The molecule has 4 heteroatoms. The van der Waals surface area contributed by atoms with Gasteiger partial charge in [-0.05, 0) is 89.5 Å². The molecule has 0 atom stereocenters. The fourth-order valence-corrected chi connectivity index (χ4v) is 9.96. The third-order valence-corrected chi connectivity index (χ3v) is 12.8. The van der Waals surface area contributed by atoms with Crippen LogP contribution in [-0.2, 0) is 0 Å². The summed E-state index contributed by atoms with van der Waals surface area (Å²) in [5.41, 5.74) is 13.1. The average Bonchev–Trinajstić information content (AvgIpc) is 3.96. The lowest BCUT2D eigenvalue weighted by Crippen LogP contribution is -2.10. The summed E-state index contributed by atoms with van der Waals surface area (Å²) in [6.07, 6.45) is 0. The third-order valence-electron chi connectivity index (χ3n) is 11.6. The van der Waals surface area contributed by atoms with Crippen LogP contribution in [0.3, 0.4) is 0 Å². The number of para-hydroxylation sites is 3. The van der Waals surface area contributed by atoms with E-state index in [4.69, 9.17) is 4.42 Å². The maximum Gasteiger partial charge on any atom is 0.143 e. The number of hydrogen-bond donors (Lipinski definition) is 0. The van der Waals surface area contributed by atoms with Gasteiger partial charge in [-0.3, -0.25) is 0 Å². The molecule has 0 spiro atoms. The first-order valence-corrected chi connectivity index (χ1v) is 20.5. The van der Waals surface area contributed by atoms with Crippen molar-refractivity contribution in [1.82, 2.24) is 4.57 Å². The second kappa shape index (κ2) is 13.1. The molecule has 0 saturated carbocycles. The van der Waals surface area contributed by atoms with Crippen molar-refractivity contribution in [1.29, 1.82) is 0 Å². The number of thiophene rings is 1. The molecule has 0 unspecified atom stereocenters. The van der Waals surface area contributed by atoms with Gasteiger partial charge in [0.1, 0.15) is 11.2 Å². The Bertz CT molecular complexity index is 3500. The van der Waals surface area contributed by atoms with Crippen LogP contribution in [0, 0.1) is 0 Å². The van der Waals surface area contributed by atoms with Gasteiger partial charge in [0.2, 0.25) is 0 Å². The van der Waals surface area contributed by atoms with Crippen LogP contribution in [0.5, 0.6) is 0 Å². The number of anilines is 3. The van der Waals surface area contributed by atoms with E-state index in [1.165, 1.54) is 47.6 Å².